The largest absolute Gasteiger partial charge is 0.212 e. The van der Waals surface area contributed by atoms with Gasteiger partial charge in [0.05, 0.1) is 0 Å². The van der Waals surface area contributed by atoms with Crippen molar-refractivity contribution in [2.75, 3.05) is 0 Å². The van der Waals surface area contributed by atoms with Crippen LogP contribution in [0.4, 0.5) is 0 Å². The van der Waals surface area contributed by atoms with Crippen LogP contribution in [0.5, 0.6) is 0 Å². The van der Waals surface area contributed by atoms with Crippen LogP contribution in [0.3, 0.4) is 0 Å². The van der Waals surface area contributed by atoms with Gasteiger partial charge in [-0.25, -0.2) is 4.57 Å². The molecule has 0 aliphatic rings. The van der Waals surface area contributed by atoms with Crippen LogP contribution in [0.2, 0.25) is 0 Å². The second-order valence-corrected chi connectivity index (χ2v) is 5.38. The minimum Gasteiger partial charge on any atom is -0.201 e. The van der Waals surface area contributed by atoms with Gasteiger partial charge in [0.1, 0.15) is 7.05 Å². The van der Waals surface area contributed by atoms with E-state index < -0.39 is 0 Å². The van der Waals surface area contributed by atoms with Crippen LogP contribution in [0.15, 0.2) is 36.5 Å². The highest BCUT2D eigenvalue weighted by Gasteiger charge is 2.16. The zero-order valence-electron chi connectivity index (χ0n) is 12.0. The summed E-state index contributed by atoms with van der Waals surface area (Å²) in [6.07, 6.45) is 2.23. The van der Waals surface area contributed by atoms with Crippen LogP contribution in [0, 0.1) is 13.8 Å². The van der Waals surface area contributed by atoms with Crippen LogP contribution in [-0.2, 0) is 7.05 Å². The number of rotatable bonds is 2. The van der Waals surface area contributed by atoms with Crippen molar-refractivity contribution in [2.45, 2.75) is 33.6 Å². The SMILES string of the molecule is Cc1ccccc1-c1cc(C(C)C)c(C)c[n+]1C. The molecule has 1 nitrogen and oxygen atoms in total. The smallest absolute Gasteiger partial charge is 0.201 e. The van der Waals surface area contributed by atoms with Crippen LogP contribution in [-0.4, -0.2) is 0 Å². The molecule has 0 aliphatic heterocycles. The van der Waals surface area contributed by atoms with Crippen LogP contribution >= 0.6 is 0 Å². The van der Waals surface area contributed by atoms with E-state index >= 15 is 0 Å². The fraction of sp³-hybridized carbons (Fsp3) is 0.353. The van der Waals surface area contributed by atoms with E-state index in [0.29, 0.717) is 5.92 Å². The average molecular weight is 240 g/mol. The lowest BCUT2D eigenvalue weighted by molar-refractivity contribution is -0.660. The third kappa shape index (κ3) is 2.31. The molecule has 0 saturated carbocycles. The molecule has 0 saturated heterocycles. The Morgan fingerprint density at radius 2 is 1.67 bits per heavy atom. The third-order valence-electron chi connectivity index (χ3n) is 3.56. The number of aromatic nitrogens is 1. The summed E-state index contributed by atoms with van der Waals surface area (Å²) in [7, 11) is 2.12. The highest BCUT2D eigenvalue weighted by Crippen LogP contribution is 2.25. The van der Waals surface area contributed by atoms with E-state index in [1.54, 1.807) is 0 Å². The van der Waals surface area contributed by atoms with Gasteiger partial charge < -0.3 is 0 Å². The van der Waals surface area contributed by atoms with Gasteiger partial charge >= 0.3 is 0 Å². The van der Waals surface area contributed by atoms with E-state index in [-0.39, 0.29) is 0 Å². The van der Waals surface area contributed by atoms with Crippen molar-refractivity contribution in [2.24, 2.45) is 7.05 Å². The molecule has 2 rings (SSSR count). The highest BCUT2D eigenvalue weighted by molar-refractivity contribution is 5.61. The van der Waals surface area contributed by atoms with Gasteiger partial charge in [0.2, 0.25) is 5.69 Å². The summed E-state index contributed by atoms with van der Waals surface area (Å²) in [6.45, 7) is 8.87. The normalized spacial score (nSPS) is 11.0. The van der Waals surface area contributed by atoms with Gasteiger partial charge in [0.25, 0.3) is 0 Å². The maximum atomic E-state index is 2.34. The van der Waals surface area contributed by atoms with Crippen LogP contribution in [0.1, 0.15) is 36.5 Å². The standard InChI is InChI=1S/C17H22N/c1-12(2)16-10-17(18(5)11-14(16)4)15-9-7-6-8-13(15)3/h6-12H,1-5H3/q+1. The molecule has 0 fully saturated rings. The fourth-order valence-corrected chi connectivity index (χ4v) is 2.55. The summed E-state index contributed by atoms with van der Waals surface area (Å²) in [4.78, 5) is 0. The van der Waals surface area contributed by atoms with E-state index in [4.69, 9.17) is 0 Å². The molecule has 1 heterocycles. The molecule has 0 unspecified atom stereocenters. The maximum absolute atomic E-state index is 2.34. The van der Waals surface area contributed by atoms with Gasteiger partial charge in [-0.15, -0.1) is 0 Å². The molecule has 0 radical (unpaired) electrons. The van der Waals surface area contributed by atoms with E-state index in [2.05, 4.69) is 75.8 Å². The van der Waals surface area contributed by atoms with Crippen molar-refractivity contribution in [3.63, 3.8) is 0 Å². The minimum atomic E-state index is 0.564. The van der Waals surface area contributed by atoms with Gasteiger partial charge in [-0.3, -0.25) is 0 Å². The van der Waals surface area contributed by atoms with Gasteiger partial charge in [-0.1, -0.05) is 32.0 Å². The van der Waals surface area contributed by atoms with Crippen molar-refractivity contribution in [3.05, 3.63) is 53.2 Å². The summed E-state index contributed by atoms with van der Waals surface area (Å²) in [6, 6.07) is 10.9. The molecule has 0 aliphatic carbocycles. The molecule has 18 heavy (non-hydrogen) atoms. The summed E-state index contributed by atoms with van der Waals surface area (Å²) in [5, 5.41) is 0. The van der Waals surface area contributed by atoms with Gasteiger partial charge in [0, 0.05) is 17.2 Å². The van der Waals surface area contributed by atoms with Crippen LogP contribution < -0.4 is 4.57 Å². The van der Waals surface area contributed by atoms with Crippen molar-refractivity contribution in [1.82, 2.24) is 0 Å². The molecule has 0 N–H and O–H groups in total. The van der Waals surface area contributed by atoms with Gasteiger partial charge in [-0.05, 0) is 37.0 Å². The van der Waals surface area contributed by atoms with Crippen molar-refractivity contribution >= 4 is 0 Å². The van der Waals surface area contributed by atoms with Crippen LogP contribution in [0.25, 0.3) is 11.3 Å². The first-order valence-corrected chi connectivity index (χ1v) is 6.57. The number of aryl methyl sites for hydroxylation is 3. The van der Waals surface area contributed by atoms with Crippen molar-refractivity contribution in [3.8, 4) is 11.3 Å². The zero-order chi connectivity index (χ0) is 13.3. The second-order valence-electron chi connectivity index (χ2n) is 5.38. The molecule has 1 aromatic carbocycles. The molecule has 0 amide bonds. The lowest BCUT2D eigenvalue weighted by Crippen LogP contribution is -2.32. The molecule has 2 aromatic rings. The first-order valence-electron chi connectivity index (χ1n) is 6.57. The lowest BCUT2D eigenvalue weighted by Gasteiger charge is -2.11. The maximum Gasteiger partial charge on any atom is 0.212 e. The summed E-state index contributed by atoms with van der Waals surface area (Å²) < 4.78 is 2.23. The quantitative estimate of drug-likeness (QED) is 0.701. The van der Waals surface area contributed by atoms with Crippen molar-refractivity contribution < 1.29 is 4.57 Å². The molecular weight excluding hydrogens is 218 g/mol. The highest BCUT2D eigenvalue weighted by atomic mass is 14.9. The Kier molecular flexibility index (Phi) is 3.51. The predicted octanol–water partition coefficient (Wildman–Crippen LogP) is 3.92. The number of benzene rings is 1. The van der Waals surface area contributed by atoms with E-state index in [9.17, 15) is 0 Å². The van der Waals surface area contributed by atoms with E-state index in [1.165, 1.54) is 27.9 Å². The van der Waals surface area contributed by atoms with E-state index in [0.717, 1.165) is 0 Å². The average Bonchev–Trinajstić information content (AvgIpc) is 2.30. The Bertz CT molecular complexity index is 568. The summed E-state index contributed by atoms with van der Waals surface area (Å²) in [5.74, 6) is 0.564. The first-order chi connectivity index (χ1) is 8.50. The number of hydrogen-bond acceptors (Lipinski definition) is 0. The predicted molar refractivity (Wildman–Crippen MR) is 76.6 cm³/mol. The third-order valence-corrected chi connectivity index (χ3v) is 3.56. The Morgan fingerprint density at radius 3 is 2.28 bits per heavy atom. The molecule has 0 bridgehead atoms. The monoisotopic (exact) mass is 240 g/mol. The number of nitrogens with zero attached hydrogens (tertiary/aromatic N) is 1. The van der Waals surface area contributed by atoms with Crippen molar-refractivity contribution in [1.29, 1.82) is 0 Å². The first kappa shape index (κ1) is 12.8. The summed E-state index contributed by atoms with van der Waals surface area (Å²) in [5.41, 5.74) is 6.74. The fourth-order valence-electron chi connectivity index (χ4n) is 2.55. The van der Waals surface area contributed by atoms with Gasteiger partial charge in [0.15, 0.2) is 6.20 Å². The molecule has 0 atom stereocenters. The van der Waals surface area contributed by atoms with Gasteiger partial charge in [-0.2, -0.15) is 0 Å². The molecular formula is C17H22N+. The lowest BCUT2D eigenvalue weighted by atomic mass is 9.96. The molecule has 0 spiro atoms. The Morgan fingerprint density at radius 1 is 1.00 bits per heavy atom. The second kappa shape index (κ2) is 4.93. The minimum absolute atomic E-state index is 0.564. The molecule has 94 valence electrons. The Hall–Kier alpha value is -1.63. The Balaban J connectivity index is 2.65. The van der Waals surface area contributed by atoms with E-state index in [1.807, 2.05) is 0 Å². The topological polar surface area (TPSA) is 3.88 Å². The zero-order valence-corrected chi connectivity index (χ0v) is 12.0. The molecule has 1 heteroatoms. The summed E-state index contributed by atoms with van der Waals surface area (Å²) >= 11 is 0. The Labute approximate surface area is 110 Å². The molecule has 1 aromatic heterocycles. The number of pyridine rings is 1. The number of hydrogen-bond donors (Lipinski definition) is 0.